The van der Waals surface area contributed by atoms with Gasteiger partial charge in [0.15, 0.2) is 0 Å². The van der Waals surface area contributed by atoms with Gasteiger partial charge in [-0.05, 0) is 43.1 Å². The highest BCUT2D eigenvalue weighted by Crippen LogP contribution is 2.18. The Morgan fingerprint density at radius 1 is 1.32 bits per heavy atom. The van der Waals surface area contributed by atoms with Gasteiger partial charge < -0.3 is 5.32 Å². The first-order chi connectivity index (χ1) is 9.29. The van der Waals surface area contributed by atoms with E-state index in [0.29, 0.717) is 0 Å². The topological polar surface area (TPSA) is 37.8 Å². The van der Waals surface area contributed by atoms with Crippen molar-refractivity contribution in [3.05, 3.63) is 59.1 Å². The molecule has 0 aliphatic heterocycles. The van der Waals surface area contributed by atoms with Crippen LogP contribution in [0.25, 0.3) is 0 Å². The van der Waals surface area contributed by atoms with Crippen LogP contribution in [0.2, 0.25) is 5.02 Å². The molecule has 0 aliphatic rings. The molecule has 0 aliphatic carbocycles. The molecule has 4 heteroatoms. The number of rotatable bonds is 6. The molecule has 0 fully saturated rings. The Bertz CT molecular complexity index is 502. The minimum Gasteiger partial charge on any atom is -0.308 e. The highest BCUT2D eigenvalue weighted by atomic mass is 35.5. The van der Waals surface area contributed by atoms with Crippen molar-refractivity contribution >= 4 is 11.6 Å². The van der Waals surface area contributed by atoms with Crippen molar-refractivity contribution in [1.82, 2.24) is 15.3 Å². The van der Waals surface area contributed by atoms with Crippen LogP contribution in [0.4, 0.5) is 0 Å². The van der Waals surface area contributed by atoms with Gasteiger partial charge in [-0.2, -0.15) is 0 Å². The third-order valence-corrected chi connectivity index (χ3v) is 3.17. The summed E-state index contributed by atoms with van der Waals surface area (Å²) in [4.78, 5) is 8.31. The summed E-state index contributed by atoms with van der Waals surface area (Å²) in [7, 11) is 0. The van der Waals surface area contributed by atoms with E-state index in [2.05, 4.69) is 28.3 Å². The summed E-state index contributed by atoms with van der Waals surface area (Å²) < 4.78 is 0. The van der Waals surface area contributed by atoms with Crippen LogP contribution in [-0.4, -0.2) is 16.5 Å². The lowest BCUT2D eigenvalue weighted by molar-refractivity contribution is 0.517. The van der Waals surface area contributed by atoms with Gasteiger partial charge in [0.05, 0.1) is 11.7 Å². The van der Waals surface area contributed by atoms with Crippen LogP contribution in [0.5, 0.6) is 0 Å². The van der Waals surface area contributed by atoms with E-state index in [1.165, 1.54) is 5.56 Å². The van der Waals surface area contributed by atoms with E-state index >= 15 is 0 Å². The lowest BCUT2D eigenvalue weighted by Gasteiger charge is -2.18. The average molecular weight is 276 g/mol. The second-order valence-electron chi connectivity index (χ2n) is 4.47. The molecule has 100 valence electrons. The van der Waals surface area contributed by atoms with Crippen molar-refractivity contribution in [2.24, 2.45) is 0 Å². The van der Waals surface area contributed by atoms with Crippen LogP contribution in [0, 0.1) is 0 Å². The summed E-state index contributed by atoms with van der Waals surface area (Å²) in [6, 6.07) is 10.1. The standard InChI is InChI=1S/C15H18ClN3/c1-2-7-18-15(14-6-8-17-11-19-14)10-12-4-3-5-13(16)9-12/h3-6,8-9,11,15,18H,2,7,10H2,1H3. The first-order valence-electron chi connectivity index (χ1n) is 6.53. The SMILES string of the molecule is CCCNC(Cc1cccc(Cl)c1)c1ccncn1. The Morgan fingerprint density at radius 2 is 2.21 bits per heavy atom. The molecule has 1 unspecified atom stereocenters. The molecule has 1 atom stereocenters. The molecule has 1 aromatic carbocycles. The molecule has 0 amide bonds. The zero-order chi connectivity index (χ0) is 13.5. The summed E-state index contributed by atoms with van der Waals surface area (Å²) in [6.07, 6.45) is 5.34. The van der Waals surface area contributed by atoms with Crippen molar-refractivity contribution < 1.29 is 0 Å². The molecular formula is C15H18ClN3. The van der Waals surface area contributed by atoms with Crippen LogP contribution in [0.15, 0.2) is 42.9 Å². The van der Waals surface area contributed by atoms with Crippen LogP contribution in [-0.2, 0) is 6.42 Å². The number of benzene rings is 1. The molecule has 1 heterocycles. The third kappa shape index (κ3) is 4.30. The number of halogens is 1. The zero-order valence-electron chi connectivity index (χ0n) is 11.0. The fourth-order valence-electron chi connectivity index (χ4n) is 2.01. The van der Waals surface area contributed by atoms with E-state index < -0.39 is 0 Å². The van der Waals surface area contributed by atoms with E-state index in [9.17, 15) is 0 Å². The highest BCUT2D eigenvalue weighted by molar-refractivity contribution is 6.30. The van der Waals surface area contributed by atoms with E-state index in [4.69, 9.17) is 11.6 Å². The van der Waals surface area contributed by atoms with Gasteiger partial charge in [-0.3, -0.25) is 0 Å². The Morgan fingerprint density at radius 3 is 2.89 bits per heavy atom. The van der Waals surface area contributed by atoms with E-state index in [1.807, 2.05) is 24.3 Å². The predicted octanol–water partition coefficient (Wildman–Crippen LogP) is 3.41. The Balaban J connectivity index is 2.14. The van der Waals surface area contributed by atoms with Crippen molar-refractivity contribution in [3.63, 3.8) is 0 Å². The van der Waals surface area contributed by atoms with E-state index in [1.54, 1.807) is 12.5 Å². The largest absolute Gasteiger partial charge is 0.308 e. The van der Waals surface area contributed by atoms with Gasteiger partial charge in [-0.1, -0.05) is 30.7 Å². The summed E-state index contributed by atoms with van der Waals surface area (Å²) in [5.41, 5.74) is 2.23. The van der Waals surface area contributed by atoms with Gasteiger partial charge in [0.1, 0.15) is 6.33 Å². The smallest absolute Gasteiger partial charge is 0.115 e. The fourth-order valence-corrected chi connectivity index (χ4v) is 2.22. The van der Waals surface area contributed by atoms with Crippen molar-refractivity contribution in [3.8, 4) is 0 Å². The number of hydrogen-bond donors (Lipinski definition) is 1. The molecular weight excluding hydrogens is 258 g/mol. The van der Waals surface area contributed by atoms with Crippen LogP contribution >= 0.6 is 11.6 Å². The second kappa shape index (κ2) is 7.22. The molecule has 19 heavy (non-hydrogen) atoms. The number of nitrogens with zero attached hydrogens (tertiary/aromatic N) is 2. The number of hydrogen-bond acceptors (Lipinski definition) is 3. The second-order valence-corrected chi connectivity index (χ2v) is 4.91. The quantitative estimate of drug-likeness (QED) is 0.878. The monoisotopic (exact) mass is 275 g/mol. The lowest BCUT2D eigenvalue weighted by Crippen LogP contribution is -2.25. The Hall–Kier alpha value is -1.45. The minimum absolute atomic E-state index is 0.196. The Kier molecular flexibility index (Phi) is 5.31. The van der Waals surface area contributed by atoms with Crippen LogP contribution in [0.1, 0.15) is 30.6 Å². The van der Waals surface area contributed by atoms with Gasteiger partial charge in [-0.25, -0.2) is 9.97 Å². The van der Waals surface area contributed by atoms with Gasteiger partial charge in [0.25, 0.3) is 0 Å². The minimum atomic E-state index is 0.196. The molecule has 2 rings (SSSR count). The molecule has 1 aromatic heterocycles. The van der Waals surface area contributed by atoms with Gasteiger partial charge in [0.2, 0.25) is 0 Å². The summed E-state index contributed by atoms with van der Waals surface area (Å²) in [6.45, 7) is 3.12. The van der Waals surface area contributed by atoms with Crippen molar-refractivity contribution in [2.45, 2.75) is 25.8 Å². The molecule has 0 spiro atoms. The molecule has 1 N–H and O–H groups in total. The normalized spacial score (nSPS) is 12.3. The molecule has 0 bridgehead atoms. The van der Waals surface area contributed by atoms with Crippen LogP contribution in [0.3, 0.4) is 0 Å². The average Bonchev–Trinajstić information content (AvgIpc) is 2.44. The third-order valence-electron chi connectivity index (χ3n) is 2.93. The van der Waals surface area contributed by atoms with E-state index in [-0.39, 0.29) is 6.04 Å². The van der Waals surface area contributed by atoms with Crippen LogP contribution < -0.4 is 5.32 Å². The van der Waals surface area contributed by atoms with Gasteiger partial charge in [0, 0.05) is 11.2 Å². The maximum atomic E-state index is 6.03. The summed E-state index contributed by atoms with van der Waals surface area (Å²) >= 11 is 6.03. The van der Waals surface area contributed by atoms with E-state index in [0.717, 1.165) is 30.1 Å². The molecule has 2 aromatic rings. The first-order valence-corrected chi connectivity index (χ1v) is 6.91. The molecule has 0 saturated carbocycles. The highest BCUT2D eigenvalue weighted by Gasteiger charge is 2.12. The number of nitrogens with one attached hydrogen (secondary N) is 1. The summed E-state index contributed by atoms with van der Waals surface area (Å²) in [5, 5.41) is 4.29. The predicted molar refractivity (Wildman–Crippen MR) is 78.2 cm³/mol. The molecule has 0 radical (unpaired) electrons. The fraction of sp³-hybridized carbons (Fsp3) is 0.333. The number of aromatic nitrogens is 2. The molecule has 0 saturated heterocycles. The molecule has 3 nitrogen and oxygen atoms in total. The van der Waals surface area contributed by atoms with Crippen molar-refractivity contribution in [2.75, 3.05) is 6.54 Å². The first kappa shape index (κ1) is 14.0. The van der Waals surface area contributed by atoms with Gasteiger partial charge in [-0.15, -0.1) is 0 Å². The lowest BCUT2D eigenvalue weighted by atomic mass is 10.0. The summed E-state index contributed by atoms with van der Waals surface area (Å²) in [5.74, 6) is 0. The zero-order valence-corrected chi connectivity index (χ0v) is 11.8. The Labute approximate surface area is 119 Å². The van der Waals surface area contributed by atoms with Crippen molar-refractivity contribution in [1.29, 1.82) is 0 Å². The maximum Gasteiger partial charge on any atom is 0.115 e. The van der Waals surface area contributed by atoms with Gasteiger partial charge >= 0.3 is 0 Å². The maximum absolute atomic E-state index is 6.03.